The molecule has 0 radical (unpaired) electrons. The number of likely N-dealkylation sites (tertiary alicyclic amines) is 2. The predicted molar refractivity (Wildman–Crippen MR) is 109 cm³/mol. The molecule has 1 aromatic rings. The number of nitrogens with zero attached hydrogens (tertiary/aromatic N) is 2. The minimum atomic E-state index is -5.08. The van der Waals surface area contributed by atoms with Gasteiger partial charge in [0, 0.05) is 38.8 Å². The van der Waals surface area contributed by atoms with Crippen molar-refractivity contribution in [3.05, 3.63) is 23.8 Å². The number of carboxylic acid groups (broad SMARTS) is 1. The number of ether oxygens (including phenoxy) is 3. The maximum atomic E-state index is 13.1. The summed E-state index contributed by atoms with van der Waals surface area (Å²) in [5, 5.41) is 7.12. The number of carbonyl (C=O) groups excluding carboxylic acids is 1. The summed E-state index contributed by atoms with van der Waals surface area (Å²) in [5.41, 5.74) is 0.695. The highest BCUT2D eigenvalue weighted by Crippen LogP contribution is 2.39. The van der Waals surface area contributed by atoms with Crippen LogP contribution in [0.5, 0.6) is 11.5 Å². The molecular formula is C21H29F3N2O6. The fourth-order valence-corrected chi connectivity index (χ4v) is 4.04. The number of carbonyl (C=O) groups is 2. The van der Waals surface area contributed by atoms with Gasteiger partial charge in [-0.2, -0.15) is 13.2 Å². The number of piperidine rings is 1. The van der Waals surface area contributed by atoms with Gasteiger partial charge in [-0.15, -0.1) is 0 Å². The molecule has 2 aliphatic heterocycles. The van der Waals surface area contributed by atoms with E-state index in [0.717, 1.165) is 52.0 Å². The molecule has 2 fully saturated rings. The summed E-state index contributed by atoms with van der Waals surface area (Å²) in [6.07, 6.45) is -1.76. The predicted octanol–water partition coefficient (Wildman–Crippen LogP) is 2.66. The van der Waals surface area contributed by atoms with Crippen molar-refractivity contribution < 1.29 is 42.1 Å². The van der Waals surface area contributed by atoms with Crippen molar-refractivity contribution in [3.8, 4) is 11.5 Å². The molecule has 8 nitrogen and oxygen atoms in total. The van der Waals surface area contributed by atoms with Gasteiger partial charge >= 0.3 is 12.1 Å². The van der Waals surface area contributed by atoms with E-state index in [9.17, 15) is 18.0 Å². The molecule has 2 aliphatic rings. The molecule has 3 rings (SSSR count). The molecule has 2 heterocycles. The van der Waals surface area contributed by atoms with E-state index in [0.29, 0.717) is 17.1 Å². The Bertz CT molecular complexity index is 804. The molecule has 1 aromatic carbocycles. The molecule has 1 amide bonds. The Morgan fingerprint density at radius 2 is 1.81 bits per heavy atom. The lowest BCUT2D eigenvalue weighted by atomic mass is 9.77. The second-order valence-corrected chi connectivity index (χ2v) is 7.65. The van der Waals surface area contributed by atoms with Gasteiger partial charge in [0.1, 0.15) is 11.5 Å². The van der Waals surface area contributed by atoms with Crippen molar-refractivity contribution in [2.75, 3.05) is 54.1 Å². The SMILES string of the molecule is COCCN1CCC12CCCN(C(=O)c1cc(OC)ccc1OC)C2.O=C(O)C(F)(F)F. The van der Waals surface area contributed by atoms with Gasteiger partial charge in [0.15, 0.2) is 0 Å². The average molecular weight is 462 g/mol. The van der Waals surface area contributed by atoms with Crippen LogP contribution in [-0.4, -0.2) is 92.6 Å². The highest BCUT2D eigenvalue weighted by molar-refractivity contribution is 5.97. The maximum absolute atomic E-state index is 13.1. The molecule has 32 heavy (non-hydrogen) atoms. The highest BCUT2D eigenvalue weighted by Gasteiger charge is 2.47. The van der Waals surface area contributed by atoms with Gasteiger partial charge in [-0.1, -0.05) is 0 Å². The molecule has 11 heteroatoms. The normalized spacial score (nSPS) is 20.8. The van der Waals surface area contributed by atoms with Crippen molar-refractivity contribution in [1.82, 2.24) is 9.80 Å². The molecule has 0 aliphatic carbocycles. The summed E-state index contributed by atoms with van der Waals surface area (Å²) in [7, 11) is 4.93. The number of benzene rings is 1. The summed E-state index contributed by atoms with van der Waals surface area (Å²) in [4.78, 5) is 26.5. The molecule has 1 unspecified atom stereocenters. The van der Waals surface area contributed by atoms with Crippen LogP contribution in [0.15, 0.2) is 18.2 Å². The zero-order valence-electron chi connectivity index (χ0n) is 18.4. The average Bonchev–Trinajstić information content (AvgIpc) is 2.77. The number of carboxylic acids is 1. The topological polar surface area (TPSA) is 88.5 Å². The first-order valence-corrected chi connectivity index (χ1v) is 10.1. The third-order valence-corrected chi connectivity index (χ3v) is 5.81. The van der Waals surface area contributed by atoms with Gasteiger partial charge in [0.2, 0.25) is 0 Å². The third-order valence-electron chi connectivity index (χ3n) is 5.81. The first-order valence-electron chi connectivity index (χ1n) is 10.1. The number of aliphatic carboxylic acids is 1. The molecule has 2 saturated heterocycles. The van der Waals surface area contributed by atoms with Gasteiger partial charge in [0.25, 0.3) is 5.91 Å². The van der Waals surface area contributed by atoms with E-state index in [4.69, 9.17) is 24.1 Å². The van der Waals surface area contributed by atoms with E-state index in [1.54, 1.807) is 33.5 Å². The van der Waals surface area contributed by atoms with E-state index in [1.807, 2.05) is 11.0 Å². The van der Waals surface area contributed by atoms with Crippen LogP contribution in [0.1, 0.15) is 29.6 Å². The monoisotopic (exact) mass is 462 g/mol. The summed E-state index contributed by atoms with van der Waals surface area (Å²) in [5.74, 6) is -1.47. The molecule has 0 saturated carbocycles. The summed E-state index contributed by atoms with van der Waals surface area (Å²) < 4.78 is 47.6. The zero-order chi connectivity index (χ0) is 23.9. The number of amides is 1. The third kappa shape index (κ3) is 6.04. The van der Waals surface area contributed by atoms with Crippen LogP contribution in [0.2, 0.25) is 0 Å². The fraction of sp³-hybridized carbons (Fsp3) is 0.619. The Labute approximate surface area is 184 Å². The van der Waals surface area contributed by atoms with Crippen molar-refractivity contribution in [2.45, 2.75) is 31.0 Å². The number of hydrogen-bond donors (Lipinski definition) is 1. The molecule has 180 valence electrons. The standard InChI is InChI=1S/C19H28N2O4.C2HF3O2/c1-23-12-11-21-10-8-19(21)7-4-9-20(14-19)18(22)16-13-15(24-2)5-6-17(16)25-3;3-2(4,5)1(6)7/h5-6,13H,4,7-12,14H2,1-3H3;(H,6,7). The van der Waals surface area contributed by atoms with Crippen LogP contribution < -0.4 is 9.47 Å². The quantitative estimate of drug-likeness (QED) is 0.695. The summed E-state index contributed by atoms with van der Waals surface area (Å²) in [6, 6.07) is 5.37. The van der Waals surface area contributed by atoms with Crippen LogP contribution in [0.4, 0.5) is 13.2 Å². The lowest BCUT2D eigenvalue weighted by Crippen LogP contribution is -2.67. The second-order valence-electron chi connectivity index (χ2n) is 7.65. The Morgan fingerprint density at radius 3 is 2.31 bits per heavy atom. The van der Waals surface area contributed by atoms with E-state index in [1.165, 1.54) is 0 Å². The largest absolute Gasteiger partial charge is 0.497 e. The first-order chi connectivity index (χ1) is 15.1. The molecule has 0 aromatic heterocycles. The minimum Gasteiger partial charge on any atom is -0.497 e. The van der Waals surface area contributed by atoms with Gasteiger partial charge in [0.05, 0.1) is 26.4 Å². The second kappa shape index (κ2) is 10.9. The van der Waals surface area contributed by atoms with Crippen molar-refractivity contribution in [1.29, 1.82) is 0 Å². The van der Waals surface area contributed by atoms with Crippen LogP contribution in [0.3, 0.4) is 0 Å². The first kappa shape index (κ1) is 25.7. The smallest absolute Gasteiger partial charge is 0.490 e. The number of halogens is 3. The Morgan fingerprint density at radius 1 is 1.12 bits per heavy atom. The molecule has 1 N–H and O–H groups in total. The molecular weight excluding hydrogens is 433 g/mol. The lowest BCUT2D eigenvalue weighted by molar-refractivity contribution is -0.192. The number of methoxy groups -OCH3 is 3. The molecule has 0 bridgehead atoms. The van der Waals surface area contributed by atoms with E-state index in [-0.39, 0.29) is 11.4 Å². The van der Waals surface area contributed by atoms with E-state index >= 15 is 0 Å². The van der Waals surface area contributed by atoms with Gasteiger partial charge in [-0.3, -0.25) is 9.69 Å². The number of alkyl halides is 3. The van der Waals surface area contributed by atoms with E-state index in [2.05, 4.69) is 4.90 Å². The molecule has 1 atom stereocenters. The minimum absolute atomic E-state index is 0.0217. The van der Waals surface area contributed by atoms with Crippen LogP contribution >= 0.6 is 0 Å². The van der Waals surface area contributed by atoms with Crippen LogP contribution in [0.25, 0.3) is 0 Å². The fourth-order valence-electron chi connectivity index (χ4n) is 4.04. The lowest BCUT2D eigenvalue weighted by Gasteiger charge is -2.57. The van der Waals surface area contributed by atoms with Crippen LogP contribution in [0, 0.1) is 0 Å². The Balaban J connectivity index is 0.000000451. The Kier molecular flexibility index (Phi) is 8.73. The van der Waals surface area contributed by atoms with Crippen molar-refractivity contribution >= 4 is 11.9 Å². The van der Waals surface area contributed by atoms with Crippen molar-refractivity contribution in [2.24, 2.45) is 0 Å². The van der Waals surface area contributed by atoms with Crippen LogP contribution in [-0.2, 0) is 9.53 Å². The van der Waals surface area contributed by atoms with Crippen molar-refractivity contribution in [3.63, 3.8) is 0 Å². The maximum Gasteiger partial charge on any atom is 0.490 e. The highest BCUT2D eigenvalue weighted by atomic mass is 19.4. The number of rotatable bonds is 6. The molecule has 1 spiro atoms. The summed E-state index contributed by atoms with van der Waals surface area (Å²) in [6.45, 7) is 4.32. The van der Waals surface area contributed by atoms with Gasteiger partial charge in [-0.05, 0) is 37.5 Å². The Hall–Kier alpha value is -2.53. The van der Waals surface area contributed by atoms with Gasteiger partial charge in [-0.25, -0.2) is 4.79 Å². The van der Waals surface area contributed by atoms with Gasteiger partial charge < -0.3 is 24.2 Å². The zero-order valence-corrected chi connectivity index (χ0v) is 18.4. The van der Waals surface area contributed by atoms with E-state index < -0.39 is 12.1 Å². The summed E-state index contributed by atoms with van der Waals surface area (Å²) >= 11 is 0. The number of hydrogen-bond acceptors (Lipinski definition) is 6.